The highest BCUT2D eigenvalue weighted by Crippen LogP contribution is 2.31. The van der Waals surface area contributed by atoms with Gasteiger partial charge in [-0.15, -0.1) is 0 Å². The van der Waals surface area contributed by atoms with Gasteiger partial charge in [-0.25, -0.2) is 10.4 Å². The lowest BCUT2D eigenvalue weighted by Crippen LogP contribution is -2.68. The van der Waals surface area contributed by atoms with Crippen molar-refractivity contribution in [3.05, 3.63) is 89.8 Å². The molecule has 2 aromatic rings. The maximum Gasteiger partial charge on any atom is 0.243 e. The van der Waals surface area contributed by atoms with Gasteiger partial charge in [-0.1, -0.05) is 60.7 Å². The highest BCUT2D eigenvalue weighted by Gasteiger charge is 2.40. The number of nitrogens with zero attached hydrogens (tertiary/aromatic N) is 3. The molecule has 2 N–H and O–H groups in total. The molecule has 5 rings (SSSR count). The Morgan fingerprint density at radius 1 is 1.07 bits per heavy atom. The van der Waals surface area contributed by atoms with E-state index in [-0.39, 0.29) is 11.4 Å². The fraction of sp³-hybridized carbons (Fsp3) is 0.250. The third-order valence-corrected chi connectivity index (χ3v) is 5.65. The number of hydrogen-bond acceptors (Lipinski definition) is 5. The summed E-state index contributed by atoms with van der Waals surface area (Å²) in [5, 5.41) is 5.11. The summed E-state index contributed by atoms with van der Waals surface area (Å²) in [6.45, 7) is 3.80. The number of likely N-dealkylation sites (tertiary alicyclic amines) is 1. The number of nitrogens with one attached hydrogen (secondary N) is 2. The molecule has 152 valence electrons. The molecule has 0 aliphatic carbocycles. The van der Waals surface area contributed by atoms with Gasteiger partial charge in [-0.05, 0) is 31.7 Å². The van der Waals surface area contributed by atoms with Crippen LogP contribution in [0.1, 0.15) is 18.1 Å². The van der Waals surface area contributed by atoms with Crippen LogP contribution in [0.2, 0.25) is 0 Å². The molecule has 0 bridgehead atoms. The van der Waals surface area contributed by atoms with E-state index in [0.717, 1.165) is 41.4 Å². The zero-order valence-corrected chi connectivity index (χ0v) is 17.2. The Morgan fingerprint density at radius 2 is 1.70 bits per heavy atom. The molecule has 30 heavy (non-hydrogen) atoms. The predicted octanol–water partition coefficient (Wildman–Crippen LogP) is 2.38. The summed E-state index contributed by atoms with van der Waals surface area (Å²) in [4.78, 5) is 20.0. The maximum atomic E-state index is 13.0. The molecule has 3 heterocycles. The number of aliphatic imine (C=N–C) groups is 1. The van der Waals surface area contributed by atoms with E-state index in [2.05, 4.69) is 60.0 Å². The molecule has 1 amide bonds. The minimum absolute atomic E-state index is 0.0311. The van der Waals surface area contributed by atoms with E-state index in [0.29, 0.717) is 0 Å². The topological polar surface area (TPSA) is 60.0 Å². The van der Waals surface area contributed by atoms with Gasteiger partial charge in [0.2, 0.25) is 5.91 Å². The number of hydrazine groups is 1. The number of likely N-dealkylation sites (N-methyl/N-ethyl adjacent to an activating group) is 1. The van der Waals surface area contributed by atoms with E-state index in [9.17, 15) is 4.79 Å². The van der Waals surface area contributed by atoms with Crippen LogP contribution in [0.25, 0.3) is 5.70 Å². The zero-order chi connectivity index (χ0) is 20.7. The molecule has 3 aliphatic heterocycles. The Balaban J connectivity index is 1.46. The van der Waals surface area contributed by atoms with Crippen molar-refractivity contribution < 1.29 is 4.79 Å². The van der Waals surface area contributed by atoms with Crippen LogP contribution >= 0.6 is 0 Å². The van der Waals surface area contributed by atoms with Crippen LogP contribution in [0.15, 0.2) is 83.6 Å². The number of fused-ring (bicyclic) bond motifs is 1. The van der Waals surface area contributed by atoms with Crippen molar-refractivity contribution >= 4 is 17.3 Å². The Labute approximate surface area is 176 Å². The smallest absolute Gasteiger partial charge is 0.243 e. The third kappa shape index (κ3) is 3.44. The molecule has 6 heteroatoms. The normalized spacial score (nSPS) is 22.4. The van der Waals surface area contributed by atoms with Crippen molar-refractivity contribution in [2.24, 2.45) is 4.99 Å². The largest absolute Gasteiger partial charge is 0.347 e. The van der Waals surface area contributed by atoms with Crippen LogP contribution in [0.3, 0.4) is 0 Å². The number of carbonyl (C=O) groups is 1. The second-order valence-corrected chi connectivity index (χ2v) is 8.45. The van der Waals surface area contributed by atoms with Crippen LogP contribution < -0.4 is 10.7 Å². The maximum absolute atomic E-state index is 13.0. The number of amides is 1. The molecule has 1 saturated heterocycles. The van der Waals surface area contributed by atoms with E-state index in [1.54, 1.807) is 0 Å². The van der Waals surface area contributed by atoms with Crippen LogP contribution in [-0.2, 0) is 4.79 Å². The van der Waals surface area contributed by atoms with Crippen molar-refractivity contribution in [2.45, 2.75) is 18.5 Å². The molecule has 2 aromatic carbocycles. The first-order chi connectivity index (χ1) is 14.5. The quantitative estimate of drug-likeness (QED) is 0.829. The van der Waals surface area contributed by atoms with Crippen molar-refractivity contribution in [1.29, 1.82) is 0 Å². The van der Waals surface area contributed by atoms with Gasteiger partial charge in [0.15, 0.2) is 0 Å². The van der Waals surface area contributed by atoms with Gasteiger partial charge in [0.1, 0.15) is 11.9 Å². The predicted molar refractivity (Wildman–Crippen MR) is 118 cm³/mol. The van der Waals surface area contributed by atoms with E-state index >= 15 is 0 Å². The van der Waals surface area contributed by atoms with Crippen LogP contribution in [0.5, 0.6) is 0 Å². The average Bonchev–Trinajstić information content (AvgIpc) is 3.18. The molecule has 1 unspecified atom stereocenters. The summed E-state index contributed by atoms with van der Waals surface area (Å²) in [5.74, 6) is 0.711. The fourth-order valence-electron chi connectivity index (χ4n) is 4.41. The molecule has 0 saturated carbocycles. The van der Waals surface area contributed by atoms with Gasteiger partial charge >= 0.3 is 0 Å². The lowest BCUT2D eigenvalue weighted by atomic mass is 9.92. The van der Waals surface area contributed by atoms with E-state index in [4.69, 9.17) is 4.99 Å². The minimum atomic E-state index is -0.464. The Hall–Kier alpha value is -3.22. The van der Waals surface area contributed by atoms with Crippen molar-refractivity contribution in [3.8, 4) is 0 Å². The number of allylic oxidation sites excluding steroid dienone is 1. The molecule has 1 atom stereocenters. The van der Waals surface area contributed by atoms with Crippen molar-refractivity contribution in [3.63, 3.8) is 0 Å². The molecule has 0 spiro atoms. The minimum Gasteiger partial charge on any atom is -0.347 e. The highest BCUT2D eigenvalue weighted by molar-refractivity contribution is 6.13. The van der Waals surface area contributed by atoms with Crippen molar-refractivity contribution in [2.75, 3.05) is 20.1 Å². The molecule has 1 fully saturated rings. The second-order valence-electron chi connectivity index (χ2n) is 8.45. The molecule has 6 nitrogen and oxygen atoms in total. The standard InChI is InChI=1S/C24H25N5O/c1-24(15-28(2)16-24)26-23(30)20-14-22-25-19(17-9-5-3-6-10-17)13-21(29(22)27-20)18-11-7-4-8-12-18/h3-14,20,27H,15-16H2,1-2H3,(H,26,30). The summed E-state index contributed by atoms with van der Waals surface area (Å²) < 4.78 is 0. The van der Waals surface area contributed by atoms with Crippen LogP contribution in [0, 0.1) is 0 Å². The van der Waals surface area contributed by atoms with Crippen LogP contribution in [-0.4, -0.2) is 53.2 Å². The number of rotatable bonds is 4. The van der Waals surface area contributed by atoms with E-state index in [1.165, 1.54) is 0 Å². The van der Waals surface area contributed by atoms with Gasteiger partial charge in [0, 0.05) is 18.7 Å². The van der Waals surface area contributed by atoms with Gasteiger partial charge < -0.3 is 10.2 Å². The molecular weight excluding hydrogens is 374 g/mol. The SMILES string of the molecule is CN1CC(C)(NC(=O)C2C=C3N=C(c4ccccc4)C=C(c4ccccc4)N3N2)C1. The van der Waals surface area contributed by atoms with Crippen molar-refractivity contribution in [1.82, 2.24) is 20.7 Å². The van der Waals surface area contributed by atoms with Gasteiger partial charge in [0.25, 0.3) is 0 Å². The van der Waals surface area contributed by atoms with Crippen LogP contribution in [0.4, 0.5) is 0 Å². The summed E-state index contributed by atoms with van der Waals surface area (Å²) >= 11 is 0. The zero-order valence-electron chi connectivity index (χ0n) is 17.2. The first-order valence-corrected chi connectivity index (χ1v) is 10.2. The Morgan fingerprint density at radius 3 is 2.33 bits per heavy atom. The number of hydrogen-bond donors (Lipinski definition) is 2. The highest BCUT2D eigenvalue weighted by atomic mass is 16.2. The molecule has 3 aliphatic rings. The molecular formula is C24H25N5O. The first-order valence-electron chi connectivity index (χ1n) is 10.2. The second kappa shape index (κ2) is 7.23. The first kappa shape index (κ1) is 18.8. The Bertz CT molecular complexity index is 1050. The third-order valence-electron chi connectivity index (χ3n) is 5.65. The lowest BCUT2D eigenvalue weighted by Gasteiger charge is -2.46. The van der Waals surface area contributed by atoms with Gasteiger partial charge in [-0.2, -0.15) is 0 Å². The van der Waals surface area contributed by atoms with E-state index in [1.807, 2.05) is 47.5 Å². The lowest BCUT2D eigenvalue weighted by molar-refractivity contribution is -0.126. The Kier molecular flexibility index (Phi) is 4.53. The number of carbonyl (C=O) groups excluding carboxylic acids is 1. The summed E-state index contributed by atoms with van der Waals surface area (Å²) in [7, 11) is 2.06. The summed E-state index contributed by atoms with van der Waals surface area (Å²) in [5.41, 5.74) is 7.12. The molecule has 0 radical (unpaired) electrons. The average molecular weight is 399 g/mol. The summed E-state index contributed by atoms with van der Waals surface area (Å²) in [6, 6.07) is 19.8. The fourth-order valence-corrected chi connectivity index (χ4v) is 4.41. The monoisotopic (exact) mass is 399 g/mol. The number of benzene rings is 2. The van der Waals surface area contributed by atoms with E-state index < -0.39 is 6.04 Å². The van der Waals surface area contributed by atoms with Gasteiger partial charge in [0.05, 0.1) is 16.9 Å². The molecule has 0 aromatic heterocycles. The van der Waals surface area contributed by atoms with Gasteiger partial charge in [-0.3, -0.25) is 9.80 Å². The summed E-state index contributed by atoms with van der Waals surface area (Å²) in [6.07, 6.45) is 3.97.